The summed E-state index contributed by atoms with van der Waals surface area (Å²) in [5, 5.41) is 0. The lowest BCUT2D eigenvalue weighted by molar-refractivity contribution is 0.366. The predicted molar refractivity (Wildman–Crippen MR) is 108 cm³/mol. The zero-order valence-corrected chi connectivity index (χ0v) is 16.7. The van der Waals surface area contributed by atoms with Gasteiger partial charge in [-0.2, -0.15) is 4.72 Å². The number of hydrogen-bond acceptors (Lipinski definition) is 5. The molecule has 0 unspecified atom stereocenters. The van der Waals surface area contributed by atoms with Crippen LogP contribution in [-0.2, 0) is 16.4 Å². The van der Waals surface area contributed by atoms with Crippen molar-refractivity contribution in [2.75, 3.05) is 27.4 Å². The minimum atomic E-state index is -3.80. The number of hydrogen-bond donors (Lipinski definition) is 1. The summed E-state index contributed by atoms with van der Waals surface area (Å²) in [5.74, 6) is 6.91. The summed E-state index contributed by atoms with van der Waals surface area (Å²) in [4.78, 5) is -0.00856. The number of rotatable bonds is 9. The van der Waals surface area contributed by atoms with Crippen molar-refractivity contribution >= 4 is 10.0 Å². The highest BCUT2D eigenvalue weighted by atomic mass is 32.2. The van der Waals surface area contributed by atoms with Crippen LogP contribution in [0.2, 0.25) is 0 Å². The van der Waals surface area contributed by atoms with E-state index in [0.29, 0.717) is 12.2 Å². The molecular formula is C21H23NO5S. The van der Waals surface area contributed by atoms with Crippen LogP contribution in [0.1, 0.15) is 5.56 Å². The lowest BCUT2D eigenvalue weighted by atomic mass is 10.1. The van der Waals surface area contributed by atoms with Crippen LogP contribution >= 0.6 is 0 Å². The lowest BCUT2D eigenvalue weighted by Gasteiger charge is -2.11. The van der Waals surface area contributed by atoms with Gasteiger partial charge in [0.2, 0.25) is 10.0 Å². The van der Waals surface area contributed by atoms with Crippen molar-refractivity contribution in [3.8, 4) is 29.1 Å². The molecule has 28 heavy (non-hydrogen) atoms. The molecule has 0 spiro atoms. The average Bonchev–Trinajstić information content (AvgIpc) is 2.71. The summed E-state index contributed by atoms with van der Waals surface area (Å²) in [5.41, 5.74) is 1.02. The van der Waals surface area contributed by atoms with E-state index in [4.69, 9.17) is 14.2 Å². The highest BCUT2D eigenvalue weighted by molar-refractivity contribution is 7.89. The lowest BCUT2D eigenvalue weighted by Crippen LogP contribution is -2.24. The van der Waals surface area contributed by atoms with E-state index in [1.165, 1.54) is 26.4 Å². The molecule has 0 radical (unpaired) electrons. The van der Waals surface area contributed by atoms with Crippen LogP contribution in [0.3, 0.4) is 0 Å². The first kappa shape index (κ1) is 21.4. The number of sulfonamides is 1. The van der Waals surface area contributed by atoms with Crippen molar-refractivity contribution in [2.45, 2.75) is 11.3 Å². The molecule has 6 nitrogen and oxygen atoms in total. The van der Waals surface area contributed by atoms with Gasteiger partial charge in [-0.15, -0.1) is 6.58 Å². The Balaban J connectivity index is 1.96. The molecule has 0 saturated heterocycles. The summed E-state index contributed by atoms with van der Waals surface area (Å²) in [7, 11) is -0.931. The van der Waals surface area contributed by atoms with E-state index >= 15 is 0 Å². The Kier molecular flexibility index (Phi) is 7.93. The molecule has 2 aromatic carbocycles. The van der Waals surface area contributed by atoms with E-state index in [1.54, 1.807) is 12.1 Å². The van der Waals surface area contributed by atoms with Crippen molar-refractivity contribution in [2.24, 2.45) is 0 Å². The maximum atomic E-state index is 12.5. The summed E-state index contributed by atoms with van der Waals surface area (Å²) in [6, 6.07) is 12.2. The van der Waals surface area contributed by atoms with Crippen LogP contribution in [0.5, 0.6) is 17.2 Å². The fraction of sp³-hybridized carbons (Fsp3) is 0.238. The third-order valence-electron chi connectivity index (χ3n) is 3.77. The number of nitrogens with one attached hydrogen (secondary N) is 1. The van der Waals surface area contributed by atoms with Gasteiger partial charge in [0.05, 0.1) is 20.8 Å². The molecule has 0 heterocycles. The van der Waals surface area contributed by atoms with E-state index in [0.717, 1.165) is 11.3 Å². The van der Waals surface area contributed by atoms with E-state index in [9.17, 15) is 8.42 Å². The number of methoxy groups -OCH3 is 2. The Hall–Kier alpha value is -2.95. The molecule has 0 aromatic heterocycles. The predicted octanol–water partition coefficient (Wildman–Crippen LogP) is 2.79. The Morgan fingerprint density at radius 1 is 1.07 bits per heavy atom. The number of benzene rings is 2. The highest BCUT2D eigenvalue weighted by Crippen LogP contribution is 2.27. The summed E-state index contributed by atoms with van der Waals surface area (Å²) in [6.45, 7) is 3.82. The fourth-order valence-corrected chi connectivity index (χ4v) is 3.50. The number of ether oxygens (including phenoxy) is 3. The topological polar surface area (TPSA) is 73.9 Å². The molecule has 0 fully saturated rings. The summed E-state index contributed by atoms with van der Waals surface area (Å²) in [6.07, 6.45) is 2.50. The number of para-hydroxylation sites is 1. The zero-order chi connectivity index (χ0) is 20.4. The summed E-state index contributed by atoms with van der Waals surface area (Å²) < 4.78 is 43.3. The maximum absolute atomic E-state index is 12.5. The first-order valence-corrected chi connectivity index (χ1v) is 9.99. The molecule has 0 bridgehead atoms. The van der Waals surface area contributed by atoms with E-state index in [-0.39, 0.29) is 23.8 Å². The van der Waals surface area contributed by atoms with Crippen LogP contribution in [0.4, 0.5) is 0 Å². The van der Waals surface area contributed by atoms with E-state index in [1.807, 2.05) is 24.3 Å². The van der Waals surface area contributed by atoms with Gasteiger partial charge in [-0.3, -0.25) is 0 Å². The molecule has 2 rings (SSSR count). The molecular weight excluding hydrogens is 378 g/mol. The third kappa shape index (κ3) is 5.78. The molecule has 0 aliphatic carbocycles. The molecule has 1 N–H and O–H groups in total. The van der Waals surface area contributed by atoms with E-state index in [2.05, 4.69) is 23.1 Å². The normalized spacial score (nSPS) is 10.5. The van der Waals surface area contributed by atoms with Gasteiger partial charge >= 0.3 is 0 Å². The van der Waals surface area contributed by atoms with Gasteiger partial charge in [-0.25, -0.2) is 8.42 Å². The standard InChI is InChI=1S/C21H23NO5S/c1-4-9-17-10-5-6-11-19(17)27-15-8-7-14-22-28(23,24)21-16-18(25-2)12-13-20(21)26-3/h4-6,10-13,16,22H,1,9,14-15H2,2-3H3. The molecule has 0 aliphatic heterocycles. The molecule has 0 aliphatic rings. The SMILES string of the molecule is C=CCc1ccccc1OCC#CCNS(=O)(=O)c1cc(OC)ccc1OC. The smallest absolute Gasteiger partial charge is 0.245 e. The van der Waals surface area contributed by atoms with E-state index < -0.39 is 10.0 Å². The molecule has 0 atom stereocenters. The molecule has 0 saturated carbocycles. The van der Waals surface area contributed by atoms with Crippen molar-refractivity contribution in [3.63, 3.8) is 0 Å². The van der Waals surface area contributed by atoms with Gasteiger partial charge in [0.15, 0.2) is 0 Å². The van der Waals surface area contributed by atoms with Crippen LogP contribution < -0.4 is 18.9 Å². The third-order valence-corrected chi connectivity index (χ3v) is 5.20. The maximum Gasteiger partial charge on any atom is 0.245 e. The average molecular weight is 401 g/mol. The first-order valence-electron chi connectivity index (χ1n) is 8.51. The van der Waals surface area contributed by atoms with Gasteiger partial charge in [0.1, 0.15) is 28.8 Å². The molecule has 148 valence electrons. The second-order valence-corrected chi connectivity index (χ2v) is 7.32. The van der Waals surface area contributed by atoms with Crippen LogP contribution in [0.25, 0.3) is 0 Å². The van der Waals surface area contributed by atoms with Gasteiger partial charge < -0.3 is 14.2 Å². The molecule has 0 amide bonds. The Bertz CT molecular complexity index is 974. The van der Waals surface area contributed by atoms with Crippen LogP contribution in [0, 0.1) is 11.8 Å². The first-order chi connectivity index (χ1) is 13.5. The van der Waals surface area contributed by atoms with Gasteiger partial charge in [0, 0.05) is 6.07 Å². The summed E-state index contributed by atoms with van der Waals surface area (Å²) >= 11 is 0. The van der Waals surface area contributed by atoms with Gasteiger partial charge in [-0.05, 0) is 30.2 Å². The quantitative estimate of drug-likeness (QED) is 0.517. The Labute approximate surface area is 166 Å². The molecule has 2 aromatic rings. The fourth-order valence-electron chi connectivity index (χ4n) is 2.40. The Morgan fingerprint density at radius 2 is 1.86 bits per heavy atom. The highest BCUT2D eigenvalue weighted by Gasteiger charge is 2.19. The largest absolute Gasteiger partial charge is 0.497 e. The zero-order valence-electron chi connectivity index (χ0n) is 15.9. The molecule has 7 heteroatoms. The monoisotopic (exact) mass is 401 g/mol. The second-order valence-electron chi connectivity index (χ2n) is 5.58. The minimum absolute atomic E-state index is 0.00856. The van der Waals surface area contributed by atoms with Gasteiger partial charge in [-0.1, -0.05) is 36.1 Å². The second kappa shape index (κ2) is 10.4. The van der Waals surface area contributed by atoms with Crippen molar-refractivity contribution < 1.29 is 22.6 Å². The van der Waals surface area contributed by atoms with Gasteiger partial charge in [0.25, 0.3) is 0 Å². The van der Waals surface area contributed by atoms with Crippen molar-refractivity contribution in [1.29, 1.82) is 0 Å². The van der Waals surface area contributed by atoms with Crippen LogP contribution in [-0.4, -0.2) is 35.8 Å². The van der Waals surface area contributed by atoms with Crippen molar-refractivity contribution in [3.05, 3.63) is 60.7 Å². The number of allylic oxidation sites excluding steroid dienone is 1. The van der Waals surface area contributed by atoms with Crippen molar-refractivity contribution in [1.82, 2.24) is 4.72 Å². The minimum Gasteiger partial charge on any atom is -0.497 e. The Morgan fingerprint density at radius 3 is 2.57 bits per heavy atom. The van der Waals surface area contributed by atoms with Crippen LogP contribution in [0.15, 0.2) is 60.0 Å².